The van der Waals surface area contributed by atoms with Crippen molar-refractivity contribution >= 4 is 28.5 Å². The van der Waals surface area contributed by atoms with Crippen LogP contribution in [0.4, 0.5) is 0 Å². The van der Waals surface area contributed by atoms with E-state index < -0.39 is 5.41 Å². The van der Waals surface area contributed by atoms with Crippen molar-refractivity contribution in [2.45, 2.75) is 225 Å². The molecule has 2 aromatic heterocycles. The van der Waals surface area contributed by atoms with E-state index in [2.05, 4.69) is 212 Å². The lowest BCUT2D eigenvalue weighted by Gasteiger charge is -2.25. The fraction of sp³-hybridized carbons (Fsp3) is 0.538. The van der Waals surface area contributed by atoms with Gasteiger partial charge in [-0.1, -0.05) is 196 Å². The number of hydrogen-bond donors (Lipinski definition) is 3. The minimum absolute atomic E-state index is 0.0225. The van der Waals surface area contributed by atoms with E-state index in [9.17, 15) is 4.79 Å². The number of benzene rings is 4. The number of halogens is 1. The summed E-state index contributed by atoms with van der Waals surface area (Å²) in [6.45, 7) is 52.9. The summed E-state index contributed by atoms with van der Waals surface area (Å²) in [4.78, 5) is 19.4. The Balaban J connectivity index is 0.000000445. The molecule has 0 amide bonds. The van der Waals surface area contributed by atoms with E-state index in [-0.39, 0.29) is 51.9 Å². The molecule has 0 radical (unpaired) electrons. The molecule has 0 aliphatic carbocycles. The molecule has 0 atom stereocenters. The Labute approximate surface area is 455 Å². The number of aromatic amines is 1. The first kappa shape index (κ1) is 67.1. The van der Waals surface area contributed by atoms with Crippen LogP contribution in [0.5, 0.6) is 0 Å². The predicted octanol–water partition coefficient (Wildman–Crippen LogP) is 17.3. The van der Waals surface area contributed by atoms with Crippen LogP contribution in [-0.4, -0.2) is 41.9 Å². The van der Waals surface area contributed by atoms with Crippen molar-refractivity contribution in [2.75, 3.05) is 0 Å². The minimum Gasteiger partial charge on any atom is -0.460 e. The lowest BCUT2D eigenvalue weighted by Crippen LogP contribution is -2.31. The average Bonchev–Trinajstić information content (AvgIpc) is 3.74. The van der Waals surface area contributed by atoms with Crippen LogP contribution in [0.25, 0.3) is 10.9 Å². The Morgan fingerprint density at radius 3 is 1.57 bits per heavy atom. The summed E-state index contributed by atoms with van der Waals surface area (Å²) in [5, 5.41) is 26.8. The summed E-state index contributed by atoms with van der Waals surface area (Å²) in [6.07, 6.45) is 5.12. The van der Waals surface area contributed by atoms with Crippen LogP contribution in [0.1, 0.15) is 221 Å². The lowest BCUT2D eigenvalue weighted by molar-refractivity contribution is -0.164. The third-order valence-corrected chi connectivity index (χ3v) is 12.1. The topological polar surface area (TPSA) is 121 Å². The molecule has 6 aromatic rings. The van der Waals surface area contributed by atoms with Crippen molar-refractivity contribution in [2.24, 2.45) is 5.41 Å². The van der Waals surface area contributed by atoms with Crippen LogP contribution < -0.4 is 0 Å². The van der Waals surface area contributed by atoms with Gasteiger partial charge in [0.15, 0.2) is 5.15 Å². The molecule has 9 heteroatoms. The zero-order valence-corrected chi connectivity index (χ0v) is 51.4. The van der Waals surface area contributed by atoms with Gasteiger partial charge in [-0.15, -0.1) is 0 Å². The maximum Gasteiger partial charge on any atom is 0.311 e. The van der Waals surface area contributed by atoms with Crippen molar-refractivity contribution in [3.63, 3.8) is 0 Å². The van der Waals surface area contributed by atoms with Gasteiger partial charge in [0.2, 0.25) is 0 Å². The Morgan fingerprint density at radius 1 is 0.608 bits per heavy atom. The first-order valence-electron chi connectivity index (χ1n) is 26.2. The molecule has 0 aliphatic rings. The van der Waals surface area contributed by atoms with Crippen LogP contribution in [0.15, 0.2) is 97.5 Å². The SMILES string of the molecule is CC(C)(C)OC(=O)C(C)(C)C.CC(C)(C)c1ccc2[nH]ncc2c1.CC(C)(C)c1nccnc1Cl.CC(C)c1ccccc1C(C)(C)C.Cc1c(CO)cccc1C(C)(C)C.Cc1ccc(CO)cc1C(C)(C)C. The number of aliphatic hydroxyl groups excluding tert-OH is 2. The van der Waals surface area contributed by atoms with Gasteiger partial charge in [-0.2, -0.15) is 5.10 Å². The quantitative estimate of drug-likeness (QED) is 0.151. The molecule has 0 fully saturated rings. The second kappa shape index (κ2) is 27.8. The number of nitrogens with one attached hydrogen (secondary N) is 1. The first-order valence-corrected chi connectivity index (χ1v) is 26.6. The van der Waals surface area contributed by atoms with Gasteiger partial charge in [-0.3, -0.25) is 14.9 Å². The number of aromatic nitrogens is 4. The highest BCUT2D eigenvalue weighted by Crippen LogP contribution is 2.31. The van der Waals surface area contributed by atoms with Gasteiger partial charge in [0, 0.05) is 23.2 Å². The molecule has 3 N–H and O–H groups in total. The molecule has 74 heavy (non-hydrogen) atoms. The zero-order valence-electron chi connectivity index (χ0n) is 50.7. The summed E-state index contributed by atoms with van der Waals surface area (Å²) in [5.41, 5.74) is 13.5. The molecular formula is C65H99ClN4O4. The maximum absolute atomic E-state index is 11.3. The van der Waals surface area contributed by atoms with E-state index in [0.29, 0.717) is 11.1 Å². The Kier molecular flexibility index (Phi) is 25.2. The molecule has 410 valence electrons. The van der Waals surface area contributed by atoms with Crippen molar-refractivity contribution < 1.29 is 19.7 Å². The van der Waals surface area contributed by atoms with Gasteiger partial charge in [0.25, 0.3) is 0 Å². The second-order valence-electron chi connectivity index (χ2n) is 26.7. The van der Waals surface area contributed by atoms with E-state index >= 15 is 0 Å². The molecular weight excluding hydrogens is 936 g/mol. The summed E-state index contributed by atoms with van der Waals surface area (Å²) >= 11 is 5.84. The highest BCUT2D eigenvalue weighted by molar-refractivity contribution is 6.30. The lowest BCUT2D eigenvalue weighted by atomic mass is 9.81. The van der Waals surface area contributed by atoms with Gasteiger partial charge in [-0.05, 0) is 145 Å². The number of H-pyrrole nitrogens is 1. The van der Waals surface area contributed by atoms with Crippen LogP contribution in [-0.2, 0) is 49.8 Å². The number of aryl methyl sites for hydroxylation is 1. The number of ether oxygens (including phenoxy) is 1. The second-order valence-corrected chi connectivity index (χ2v) is 27.0. The van der Waals surface area contributed by atoms with E-state index in [1.54, 1.807) is 12.4 Å². The fourth-order valence-corrected chi connectivity index (χ4v) is 7.98. The van der Waals surface area contributed by atoms with E-state index in [4.69, 9.17) is 26.6 Å². The first-order chi connectivity index (χ1) is 33.6. The minimum atomic E-state index is -0.396. The van der Waals surface area contributed by atoms with Crippen molar-refractivity contribution in [3.8, 4) is 0 Å². The summed E-state index contributed by atoms with van der Waals surface area (Å²) < 4.78 is 5.16. The highest BCUT2D eigenvalue weighted by atomic mass is 35.5. The Bertz CT molecular complexity index is 2620. The molecule has 8 nitrogen and oxygen atoms in total. The van der Waals surface area contributed by atoms with Crippen molar-refractivity contribution in [3.05, 3.63) is 158 Å². The largest absolute Gasteiger partial charge is 0.460 e. The number of aliphatic hydroxyl groups is 2. The van der Waals surface area contributed by atoms with Crippen molar-refractivity contribution in [1.29, 1.82) is 0 Å². The van der Waals surface area contributed by atoms with Crippen LogP contribution in [0.2, 0.25) is 5.15 Å². The number of hydrogen-bond acceptors (Lipinski definition) is 7. The number of carbonyl (C=O) groups excluding carboxylic acids is 1. The third-order valence-electron chi connectivity index (χ3n) is 11.8. The predicted molar refractivity (Wildman–Crippen MR) is 317 cm³/mol. The highest BCUT2D eigenvalue weighted by Gasteiger charge is 2.27. The summed E-state index contributed by atoms with van der Waals surface area (Å²) in [7, 11) is 0. The van der Waals surface area contributed by atoms with Crippen molar-refractivity contribution in [1.82, 2.24) is 20.2 Å². The average molecular weight is 1040 g/mol. The maximum atomic E-state index is 11.3. The third kappa shape index (κ3) is 23.3. The van der Waals surface area contributed by atoms with Crippen LogP contribution in [0, 0.1) is 19.3 Å². The normalized spacial score (nSPS) is 12.1. The van der Waals surface area contributed by atoms with Gasteiger partial charge >= 0.3 is 5.97 Å². The molecule has 0 aliphatic heterocycles. The van der Waals surface area contributed by atoms with Crippen LogP contribution >= 0.6 is 11.6 Å². The monoisotopic (exact) mass is 1030 g/mol. The number of esters is 1. The fourth-order valence-electron chi connectivity index (χ4n) is 7.59. The van der Waals surface area contributed by atoms with E-state index in [0.717, 1.165) is 22.3 Å². The molecule has 0 saturated heterocycles. The summed E-state index contributed by atoms with van der Waals surface area (Å²) in [5.74, 6) is 0.473. The molecule has 0 spiro atoms. The molecule has 4 aromatic carbocycles. The zero-order chi connectivity index (χ0) is 57.4. The summed E-state index contributed by atoms with van der Waals surface area (Å²) in [6, 6.07) is 27.4. The molecule has 2 heterocycles. The van der Waals surface area contributed by atoms with Gasteiger partial charge in [-0.25, -0.2) is 4.98 Å². The van der Waals surface area contributed by atoms with E-state index in [1.165, 1.54) is 44.3 Å². The standard InChI is InChI=1S/C13H20.2C12H18O.C11H14N2.C9H18O2.C8H11ClN2/c1-10(2)11-8-6-7-9-12(11)13(3,4)5;1-9-5-6-10(8-13)7-11(9)12(2,3)4;1-9-10(8-13)6-5-7-11(9)12(2,3)4;1-11(2,3)9-4-5-10-8(6-9)7-12-13-10;1-8(2,3)7(10)11-9(4,5)6;1-8(2,3)6-7(9)11-5-4-10-6/h6-10H,1-5H3;2*5-7,13H,8H2,1-4H3;4-7H,1-3H3,(H,12,13);1-6H3;4-5H,1-3H3. The number of rotatable bonds is 3. The number of nitrogens with zero attached hydrogens (tertiary/aromatic N) is 3. The molecule has 0 bridgehead atoms. The van der Waals surface area contributed by atoms with Gasteiger partial charge in [0.1, 0.15) is 5.60 Å². The molecule has 0 saturated carbocycles. The van der Waals surface area contributed by atoms with Gasteiger partial charge < -0.3 is 14.9 Å². The van der Waals surface area contributed by atoms with Gasteiger partial charge in [0.05, 0.1) is 36.0 Å². The van der Waals surface area contributed by atoms with Crippen LogP contribution in [0.3, 0.4) is 0 Å². The number of fused-ring (bicyclic) bond motifs is 1. The molecule has 6 rings (SSSR count). The van der Waals surface area contributed by atoms with E-state index in [1.807, 2.05) is 65.9 Å². The Morgan fingerprint density at radius 2 is 1.15 bits per heavy atom. The molecule has 0 unspecified atom stereocenters. The smallest absolute Gasteiger partial charge is 0.311 e. The Hall–Kier alpha value is -4.89. The number of carbonyl (C=O) groups is 1.